The first-order chi connectivity index (χ1) is 7.31. The van der Waals surface area contributed by atoms with E-state index in [1.165, 1.54) is 6.07 Å². The molecule has 0 unspecified atom stereocenters. The predicted octanol–water partition coefficient (Wildman–Crippen LogP) is 2.60. The number of azide groups is 1. The van der Waals surface area contributed by atoms with E-state index in [1.54, 1.807) is 24.3 Å². The molecule has 0 saturated heterocycles. The molecule has 0 saturated carbocycles. The van der Waals surface area contributed by atoms with Crippen LogP contribution >= 0.6 is 0 Å². The summed E-state index contributed by atoms with van der Waals surface area (Å²) in [5.74, 6) is 0.372. The molecular weight excluding hydrogens is 194 g/mol. The maximum atomic E-state index is 11.6. The van der Waals surface area contributed by atoms with Gasteiger partial charge >= 0.3 is 0 Å². The maximum absolute atomic E-state index is 11.6. The average Bonchev–Trinajstić information content (AvgIpc) is 2.26. The van der Waals surface area contributed by atoms with Gasteiger partial charge in [-0.05, 0) is 17.7 Å². The highest BCUT2D eigenvalue weighted by atomic mass is 16.3. The largest absolute Gasteiger partial charge is 0.461 e. The second-order valence-corrected chi connectivity index (χ2v) is 2.96. The standard InChI is InChI=1S/C10H7N3O2/c11-13-12-6-7-5-9(14)8-3-1-2-4-10(8)15-7/h1-5H,6H2. The van der Waals surface area contributed by atoms with Crippen LogP contribution in [0, 0.1) is 0 Å². The molecule has 0 fully saturated rings. The maximum Gasteiger partial charge on any atom is 0.192 e. The number of fused-ring (bicyclic) bond motifs is 1. The Balaban J connectivity index is 2.62. The number of rotatable bonds is 2. The van der Waals surface area contributed by atoms with E-state index in [4.69, 9.17) is 9.95 Å². The van der Waals surface area contributed by atoms with Gasteiger partial charge in [-0.1, -0.05) is 17.2 Å². The molecular formula is C10H7N3O2. The van der Waals surface area contributed by atoms with Crippen LogP contribution in [-0.2, 0) is 6.54 Å². The fraction of sp³-hybridized carbons (Fsp3) is 0.100. The van der Waals surface area contributed by atoms with Gasteiger partial charge in [-0.3, -0.25) is 4.79 Å². The highest BCUT2D eigenvalue weighted by molar-refractivity contribution is 5.76. The van der Waals surface area contributed by atoms with Crippen LogP contribution in [0.4, 0.5) is 0 Å². The Morgan fingerprint density at radius 2 is 2.20 bits per heavy atom. The second kappa shape index (κ2) is 3.86. The van der Waals surface area contributed by atoms with Gasteiger partial charge in [0.15, 0.2) is 5.43 Å². The summed E-state index contributed by atoms with van der Waals surface area (Å²) in [6.07, 6.45) is 0. The van der Waals surface area contributed by atoms with E-state index >= 15 is 0 Å². The van der Waals surface area contributed by atoms with Gasteiger partial charge in [-0.25, -0.2) is 0 Å². The minimum atomic E-state index is -0.125. The van der Waals surface area contributed by atoms with Crippen molar-refractivity contribution >= 4 is 11.0 Å². The molecule has 0 N–H and O–H groups in total. The third-order valence-corrected chi connectivity index (χ3v) is 1.98. The molecule has 0 atom stereocenters. The predicted molar refractivity (Wildman–Crippen MR) is 55.3 cm³/mol. The summed E-state index contributed by atoms with van der Waals surface area (Å²) in [5, 5.41) is 3.87. The van der Waals surface area contributed by atoms with Crippen LogP contribution in [0.3, 0.4) is 0 Å². The van der Waals surface area contributed by atoms with E-state index in [0.29, 0.717) is 16.7 Å². The van der Waals surface area contributed by atoms with E-state index < -0.39 is 0 Å². The van der Waals surface area contributed by atoms with Gasteiger partial charge < -0.3 is 4.42 Å². The third-order valence-electron chi connectivity index (χ3n) is 1.98. The molecule has 1 heterocycles. The van der Waals surface area contributed by atoms with Crippen LogP contribution in [0.25, 0.3) is 21.4 Å². The van der Waals surface area contributed by atoms with E-state index in [9.17, 15) is 4.79 Å². The fourth-order valence-corrected chi connectivity index (χ4v) is 1.33. The molecule has 2 rings (SSSR count). The van der Waals surface area contributed by atoms with Gasteiger partial charge in [0.2, 0.25) is 0 Å². The van der Waals surface area contributed by atoms with E-state index in [1.807, 2.05) is 0 Å². The first kappa shape index (κ1) is 9.30. The van der Waals surface area contributed by atoms with Crippen molar-refractivity contribution in [3.05, 3.63) is 56.8 Å². The number of hydrogen-bond donors (Lipinski definition) is 0. The van der Waals surface area contributed by atoms with E-state index in [-0.39, 0.29) is 12.0 Å². The monoisotopic (exact) mass is 201 g/mol. The molecule has 0 aliphatic heterocycles. The van der Waals surface area contributed by atoms with Crippen LogP contribution < -0.4 is 5.43 Å². The third kappa shape index (κ3) is 1.82. The highest BCUT2D eigenvalue weighted by Gasteiger charge is 2.02. The molecule has 0 radical (unpaired) electrons. The van der Waals surface area contributed by atoms with Gasteiger partial charge in [-0.2, -0.15) is 0 Å². The van der Waals surface area contributed by atoms with Crippen LogP contribution in [0.5, 0.6) is 0 Å². The molecule has 15 heavy (non-hydrogen) atoms. The number of para-hydroxylation sites is 1. The molecule has 74 valence electrons. The summed E-state index contributed by atoms with van der Waals surface area (Å²) in [5.41, 5.74) is 8.53. The van der Waals surface area contributed by atoms with Gasteiger partial charge in [0.1, 0.15) is 11.3 Å². The van der Waals surface area contributed by atoms with Crippen molar-refractivity contribution in [2.75, 3.05) is 0 Å². The van der Waals surface area contributed by atoms with E-state index in [0.717, 1.165) is 0 Å². The summed E-state index contributed by atoms with van der Waals surface area (Å²) in [4.78, 5) is 14.2. The molecule has 0 spiro atoms. The number of benzene rings is 1. The quantitative estimate of drug-likeness (QED) is 0.425. The number of nitrogens with zero attached hydrogens (tertiary/aromatic N) is 3. The lowest BCUT2D eigenvalue weighted by atomic mass is 10.2. The lowest BCUT2D eigenvalue weighted by Gasteiger charge is -1.98. The summed E-state index contributed by atoms with van der Waals surface area (Å²) >= 11 is 0. The molecule has 0 bridgehead atoms. The molecule has 2 aromatic rings. The zero-order chi connectivity index (χ0) is 10.7. The van der Waals surface area contributed by atoms with Crippen molar-refractivity contribution in [2.24, 2.45) is 5.11 Å². The SMILES string of the molecule is [N-]=[N+]=NCc1cc(=O)c2ccccc2o1. The molecule has 0 aliphatic rings. The second-order valence-electron chi connectivity index (χ2n) is 2.96. The van der Waals surface area contributed by atoms with Crippen molar-refractivity contribution in [3.8, 4) is 0 Å². The lowest BCUT2D eigenvalue weighted by Crippen LogP contribution is -2.01. The summed E-state index contributed by atoms with van der Waals surface area (Å²) in [6.45, 7) is 0.0522. The van der Waals surface area contributed by atoms with Crippen LogP contribution in [0.15, 0.2) is 44.7 Å². The van der Waals surface area contributed by atoms with Crippen LogP contribution in [0.2, 0.25) is 0 Å². The molecule has 0 aliphatic carbocycles. The first-order valence-corrected chi connectivity index (χ1v) is 4.34. The molecule has 1 aromatic carbocycles. The summed E-state index contributed by atoms with van der Waals surface area (Å²) < 4.78 is 5.38. The van der Waals surface area contributed by atoms with Gasteiger partial charge in [0.25, 0.3) is 0 Å². The number of hydrogen-bond acceptors (Lipinski definition) is 3. The van der Waals surface area contributed by atoms with E-state index in [2.05, 4.69) is 10.0 Å². The fourth-order valence-electron chi connectivity index (χ4n) is 1.33. The van der Waals surface area contributed by atoms with Crippen molar-refractivity contribution in [1.29, 1.82) is 0 Å². The topological polar surface area (TPSA) is 79.0 Å². The summed E-state index contributed by atoms with van der Waals surface area (Å²) in [7, 11) is 0. The Kier molecular flexibility index (Phi) is 2.39. The Bertz CT molecular complexity index is 597. The Labute approximate surface area is 84.6 Å². The van der Waals surface area contributed by atoms with Crippen molar-refractivity contribution in [1.82, 2.24) is 0 Å². The minimum absolute atomic E-state index is 0.0522. The molecule has 0 amide bonds. The van der Waals surface area contributed by atoms with Crippen LogP contribution in [0.1, 0.15) is 5.76 Å². The smallest absolute Gasteiger partial charge is 0.192 e. The zero-order valence-corrected chi connectivity index (χ0v) is 7.75. The van der Waals surface area contributed by atoms with Crippen molar-refractivity contribution in [2.45, 2.75) is 6.54 Å². The first-order valence-electron chi connectivity index (χ1n) is 4.34. The molecule has 5 heteroatoms. The molecule has 5 nitrogen and oxygen atoms in total. The van der Waals surface area contributed by atoms with Gasteiger partial charge in [0, 0.05) is 11.0 Å². The Morgan fingerprint density at radius 3 is 3.00 bits per heavy atom. The van der Waals surface area contributed by atoms with Crippen molar-refractivity contribution in [3.63, 3.8) is 0 Å². The van der Waals surface area contributed by atoms with Crippen molar-refractivity contribution < 1.29 is 4.42 Å². The average molecular weight is 201 g/mol. The van der Waals surface area contributed by atoms with Gasteiger partial charge in [0.05, 0.1) is 11.9 Å². The Hall–Kier alpha value is -2.26. The van der Waals surface area contributed by atoms with Crippen LogP contribution in [-0.4, -0.2) is 0 Å². The minimum Gasteiger partial charge on any atom is -0.461 e. The lowest BCUT2D eigenvalue weighted by molar-refractivity contribution is 0.538. The Morgan fingerprint density at radius 1 is 1.40 bits per heavy atom. The normalized spacial score (nSPS) is 9.87. The highest BCUT2D eigenvalue weighted by Crippen LogP contribution is 2.11. The summed E-state index contributed by atoms with van der Waals surface area (Å²) in [6, 6.07) is 8.29. The molecule has 1 aromatic heterocycles. The zero-order valence-electron chi connectivity index (χ0n) is 7.75. The van der Waals surface area contributed by atoms with Gasteiger partial charge in [-0.15, -0.1) is 0 Å².